The summed E-state index contributed by atoms with van der Waals surface area (Å²) in [5.74, 6) is -0.885. The van der Waals surface area contributed by atoms with Gasteiger partial charge in [-0.25, -0.2) is 4.98 Å². The van der Waals surface area contributed by atoms with E-state index in [1.54, 1.807) is 11.3 Å². The number of aliphatic hydroxyl groups is 1. The van der Waals surface area contributed by atoms with Gasteiger partial charge in [-0.05, 0) is 35.8 Å². The lowest BCUT2D eigenvalue weighted by atomic mass is 9.84. The van der Waals surface area contributed by atoms with Crippen molar-refractivity contribution >= 4 is 29.1 Å². The van der Waals surface area contributed by atoms with Crippen LogP contribution in [0.3, 0.4) is 0 Å². The van der Waals surface area contributed by atoms with E-state index in [0.29, 0.717) is 0 Å². The van der Waals surface area contributed by atoms with E-state index in [2.05, 4.69) is 15.6 Å². The van der Waals surface area contributed by atoms with E-state index in [-0.39, 0.29) is 48.6 Å². The first-order chi connectivity index (χ1) is 17.6. The summed E-state index contributed by atoms with van der Waals surface area (Å²) in [6.07, 6.45) is -0.378. The van der Waals surface area contributed by atoms with Gasteiger partial charge in [-0.3, -0.25) is 14.4 Å². The standard InChI is InChI=1S/C29H42N4O4S/c1-17(19-9-11-20(12-10-19)24-18(2)30-16-38-24)31-26(36)22-13-21(34)15-33(22)27(37)25(29(6,7)8)32-23(35)14-28(3,4)5/h9-12,16-17,21-22,25,34H,13-15H2,1-8H3,(H,31,36)(H,32,35)/t17-,21+,22-,25+/m0/s1. The molecule has 1 fully saturated rings. The number of carbonyl (C=O) groups is 3. The van der Waals surface area contributed by atoms with Crippen LogP contribution in [-0.4, -0.2) is 57.4 Å². The van der Waals surface area contributed by atoms with Crippen molar-refractivity contribution in [2.45, 2.75) is 92.5 Å². The van der Waals surface area contributed by atoms with Gasteiger partial charge in [0.25, 0.3) is 0 Å². The van der Waals surface area contributed by atoms with Gasteiger partial charge in [0.15, 0.2) is 0 Å². The SMILES string of the molecule is Cc1ncsc1-c1ccc([C@H](C)NC(=O)[C@@H]2C[C@@H](O)CN2C(=O)[C@@H](NC(=O)CC(C)(C)C)C(C)(C)C)cc1. The molecule has 2 aromatic rings. The fourth-order valence-corrected chi connectivity index (χ4v) is 5.52. The largest absolute Gasteiger partial charge is 0.391 e. The third-order valence-electron chi connectivity index (χ3n) is 6.75. The molecule has 9 heteroatoms. The van der Waals surface area contributed by atoms with Gasteiger partial charge in [0.1, 0.15) is 12.1 Å². The van der Waals surface area contributed by atoms with Crippen LogP contribution < -0.4 is 10.6 Å². The Morgan fingerprint density at radius 3 is 2.26 bits per heavy atom. The van der Waals surface area contributed by atoms with E-state index in [1.807, 2.05) is 85.2 Å². The third-order valence-corrected chi connectivity index (χ3v) is 7.73. The molecule has 0 saturated carbocycles. The highest BCUT2D eigenvalue weighted by Gasteiger charge is 2.44. The summed E-state index contributed by atoms with van der Waals surface area (Å²) in [6, 6.07) is 6.06. The Bertz CT molecular complexity index is 1150. The molecule has 1 aromatic heterocycles. The molecule has 3 N–H and O–H groups in total. The first kappa shape index (κ1) is 29.8. The van der Waals surface area contributed by atoms with E-state index in [9.17, 15) is 19.5 Å². The number of nitrogens with one attached hydrogen (secondary N) is 2. The number of β-amino-alcohol motifs (C(OH)–C–C–N with tert-alkyl or cyclic N) is 1. The molecule has 0 spiro atoms. The number of aliphatic hydroxyl groups excluding tert-OH is 1. The average molecular weight is 543 g/mol. The van der Waals surface area contributed by atoms with Crippen molar-refractivity contribution in [3.63, 3.8) is 0 Å². The van der Waals surface area contributed by atoms with E-state index in [0.717, 1.165) is 21.7 Å². The van der Waals surface area contributed by atoms with Crippen molar-refractivity contribution in [2.75, 3.05) is 6.54 Å². The van der Waals surface area contributed by atoms with Crippen LogP contribution in [0.5, 0.6) is 0 Å². The number of amides is 3. The summed E-state index contributed by atoms with van der Waals surface area (Å²) in [4.78, 5) is 46.6. The highest BCUT2D eigenvalue weighted by atomic mass is 32.1. The van der Waals surface area contributed by atoms with Crippen molar-refractivity contribution in [1.82, 2.24) is 20.5 Å². The van der Waals surface area contributed by atoms with Gasteiger partial charge in [0.2, 0.25) is 17.7 Å². The lowest BCUT2D eigenvalue weighted by Gasteiger charge is -2.36. The van der Waals surface area contributed by atoms with Gasteiger partial charge in [-0.15, -0.1) is 11.3 Å². The Labute approximate surface area is 230 Å². The van der Waals surface area contributed by atoms with Crippen LogP contribution in [0.25, 0.3) is 10.4 Å². The molecule has 1 aliphatic heterocycles. The average Bonchev–Trinajstić information content (AvgIpc) is 3.40. The van der Waals surface area contributed by atoms with Crippen LogP contribution in [0.15, 0.2) is 29.8 Å². The first-order valence-corrected chi connectivity index (χ1v) is 14.0. The molecular formula is C29H42N4O4S. The highest BCUT2D eigenvalue weighted by Crippen LogP contribution is 2.30. The molecule has 1 aliphatic rings. The molecule has 0 bridgehead atoms. The second kappa shape index (κ2) is 11.5. The Balaban J connectivity index is 1.72. The van der Waals surface area contributed by atoms with E-state index in [1.165, 1.54) is 4.90 Å². The van der Waals surface area contributed by atoms with E-state index < -0.39 is 23.6 Å². The number of carbonyl (C=O) groups excluding carboxylic acids is 3. The summed E-state index contributed by atoms with van der Waals surface area (Å²) in [6.45, 7) is 15.5. The first-order valence-electron chi connectivity index (χ1n) is 13.2. The molecule has 0 unspecified atom stereocenters. The number of likely N-dealkylation sites (tertiary alicyclic amines) is 1. The van der Waals surface area contributed by atoms with Gasteiger partial charge in [0.05, 0.1) is 28.2 Å². The Morgan fingerprint density at radius 2 is 1.74 bits per heavy atom. The quantitative estimate of drug-likeness (QED) is 0.485. The lowest BCUT2D eigenvalue weighted by Crippen LogP contribution is -2.58. The van der Waals surface area contributed by atoms with Gasteiger partial charge in [0, 0.05) is 19.4 Å². The van der Waals surface area contributed by atoms with Crippen molar-refractivity contribution in [3.05, 3.63) is 41.0 Å². The van der Waals surface area contributed by atoms with E-state index >= 15 is 0 Å². The number of hydrogen-bond acceptors (Lipinski definition) is 6. The smallest absolute Gasteiger partial charge is 0.246 e. The predicted molar refractivity (Wildman–Crippen MR) is 150 cm³/mol. The number of thiazole rings is 1. The molecule has 8 nitrogen and oxygen atoms in total. The number of aryl methyl sites for hydroxylation is 1. The van der Waals surface area contributed by atoms with Crippen LogP contribution in [0.2, 0.25) is 0 Å². The maximum Gasteiger partial charge on any atom is 0.246 e. The fraction of sp³-hybridized carbons (Fsp3) is 0.586. The second-order valence-electron chi connectivity index (χ2n) is 12.6. The molecule has 208 valence electrons. The number of benzene rings is 1. The number of rotatable bonds is 7. The summed E-state index contributed by atoms with van der Waals surface area (Å²) < 4.78 is 0. The molecule has 3 rings (SSSR count). The third kappa shape index (κ3) is 7.41. The fourth-order valence-electron chi connectivity index (χ4n) is 4.71. The maximum absolute atomic E-state index is 13.7. The lowest BCUT2D eigenvalue weighted by molar-refractivity contribution is -0.144. The summed E-state index contributed by atoms with van der Waals surface area (Å²) in [5.41, 5.74) is 4.01. The highest BCUT2D eigenvalue weighted by molar-refractivity contribution is 7.13. The van der Waals surface area contributed by atoms with Gasteiger partial charge >= 0.3 is 0 Å². The van der Waals surface area contributed by atoms with Gasteiger partial charge in [-0.1, -0.05) is 65.8 Å². The van der Waals surface area contributed by atoms with Crippen LogP contribution in [0, 0.1) is 17.8 Å². The minimum absolute atomic E-state index is 0.0515. The molecule has 2 heterocycles. The molecule has 1 aromatic carbocycles. The zero-order valence-corrected chi connectivity index (χ0v) is 24.6. The molecule has 3 amide bonds. The summed E-state index contributed by atoms with van der Waals surface area (Å²) >= 11 is 1.59. The van der Waals surface area contributed by atoms with Crippen LogP contribution in [0.4, 0.5) is 0 Å². The van der Waals surface area contributed by atoms with Crippen LogP contribution in [0.1, 0.15) is 78.6 Å². The monoisotopic (exact) mass is 542 g/mol. The van der Waals surface area contributed by atoms with Gasteiger partial charge < -0.3 is 20.6 Å². The van der Waals surface area contributed by atoms with Crippen LogP contribution in [-0.2, 0) is 14.4 Å². The molecule has 38 heavy (non-hydrogen) atoms. The van der Waals surface area contributed by atoms with Crippen LogP contribution >= 0.6 is 11.3 Å². The van der Waals surface area contributed by atoms with E-state index in [4.69, 9.17) is 0 Å². The number of aromatic nitrogens is 1. The minimum Gasteiger partial charge on any atom is -0.391 e. The van der Waals surface area contributed by atoms with Gasteiger partial charge in [-0.2, -0.15) is 0 Å². The zero-order chi connectivity index (χ0) is 28.4. The molecule has 0 radical (unpaired) electrons. The van der Waals surface area contributed by atoms with Crippen molar-refractivity contribution in [2.24, 2.45) is 10.8 Å². The topological polar surface area (TPSA) is 112 Å². The minimum atomic E-state index is -0.821. The normalized spacial score (nSPS) is 19.7. The number of nitrogens with zero attached hydrogens (tertiary/aromatic N) is 2. The summed E-state index contributed by atoms with van der Waals surface area (Å²) in [7, 11) is 0. The Morgan fingerprint density at radius 1 is 1.11 bits per heavy atom. The van der Waals surface area contributed by atoms with Crippen molar-refractivity contribution < 1.29 is 19.5 Å². The molecule has 4 atom stereocenters. The number of hydrogen-bond donors (Lipinski definition) is 3. The predicted octanol–water partition coefficient (Wildman–Crippen LogP) is 4.22. The van der Waals surface area contributed by atoms with Crippen molar-refractivity contribution in [3.8, 4) is 10.4 Å². The second-order valence-corrected chi connectivity index (χ2v) is 13.5. The molecular weight excluding hydrogens is 500 g/mol. The maximum atomic E-state index is 13.7. The summed E-state index contributed by atoms with van der Waals surface area (Å²) in [5, 5.41) is 16.3. The molecule has 1 saturated heterocycles. The van der Waals surface area contributed by atoms with Crippen molar-refractivity contribution in [1.29, 1.82) is 0 Å². The molecule has 0 aliphatic carbocycles. The Hall–Kier alpha value is -2.78. The zero-order valence-electron chi connectivity index (χ0n) is 23.8. The Kier molecular flexibility index (Phi) is 9.04.